The molecule has 0 aliphatic rings. The Morgan fingerprint density at radius 1 is 1.55 bits per heavy atom. The number of para-hydroxylation sites is 1. The van der Waals surface area contributed by atoms with Gasteiger partial charge in [0.1, 0.15) is 12.3 Å². The van der Waals surface area contributed by atoms with Crippen molar-refractivity contribution in [3.8, 4) is 5.75 Å². The zero-order valence-corrected chi connectivity index (χ0v) is 12.3. The highest BCUT2D eigenvalue weighted by Gasteiger charge is 2.15. The summed E-state index contributed by atoms with van der Waals surface area (Å²) in [5, 5.41) is 9.05. The van der Waals surface area contributed by atoms with Crippen LogP contribution in [-0.2, 0) is 0 Å². The van der Waals surface area contributed by atoms with Crippen molar-refractivity contribution in [1.82, 2.24) is 15.5 Å². The standard InChI is InChI=1S/C13H13BrFN3O2/c1-8(7-20-11-5-3-2-4-10(11)15)17-13(19)12-9(14)6-16-18-12/h2-6,8H,7H2,1H3,(H,16,18)(H,17,19)/t8-/m0/s1. The summed E-state index contributed by atoms with van der Waals surface area (Å²) < 4.78 is 19.2. The molecule has 0 saturated carbocycles. The topological polar surface area (TPSA) is 67.0 Å². The molecule has 0 aliphatic heterocycles. The maximum Gasteiger partial charge on any atom is 0.270 e. The molecule has 1 atom stereocenters. The smallest absolute Gasteiger partial charge is 0.270 e. The summed E-state index contributed by atoms with van der Waals surface area (Å²) in [6.45, 7) is 1.93. The fraction of sp³-hybridized carbons (Fsp3) is 0.231. The first-order valence-corrected chi connectivity index (χ1v) is 6.74. The lowest BCUT2D eigenvalue weighted by molar-refractivity contribution is 0.0920. The lowest BCUT2D eigenvalue weighted by atomic mass is 10.3. The first-order chi connectivity index (χ1) is 9.58. The number of rotatable bonds is 5. The second kappa shape index (κ2) is 6.51. The van der Waals surface area contributed by atoms with E-state index in [2.05, 4.69) is 31.4 Å². The summed E-state index contributed by atoms with van der Waals surface area (Å²) in [6.07, 6.45) is 1.50. The average molecular weight is 342 g/mol. The molecule has 0 unspecified atom stereocenters. The predicted octanol–water partition coefficient (Wildman–Crippen LogP) is 2.51. The summed E-state index contributed by atoms with van der Waals surface area (Å²) in [5.74, 6) is -0.572. The highest BCUT2D eigenvalue weighted by atomic mass is 79.9. The number of amides is 1. The Bertz CT molecular complexity index is 603. The second-order valence-corrected chi connectivity index (χ2v) is 5.06. The summed E-state index contributed by atoms with van der Waals surface area (Å²) in [5.41, 5.74) is 0.336. The molecular formula is C13H13BrFN3O2. The van der Waals surface area contributed by atoms with Gasteiger partial charge in [-0.25, -0.2) is 4.39 Å². The van der Waals surface area contributed by atoms with Gasteiger partial charge in [-0.1, -0.05) is 12.1 Å². The minimum atomic E-state index is -0.428. The van der Waals surface area contributed by atoms with Gasteiger partial charge in [-0.2, -0.15) is 5.10 Å². The van der Waals surface area contributed by atoms with Crippen molar-refractivity contribution < 1.29 is 13.9 Å². The Morgan fingerprint density at radius 2 is 2.30 bits per heavy atom. The summed E-state index contributed by atoms with van der Waals surface area (Å²) in [6, 6.07) is 5.85. The molecule has 20 heavy (non-hydrogen) atoms. The second-order valence-electron chi connectivity index (χ2n) is 4.21. The Balaban J connectivity index is 1.87. The van der Waals surface area contributed by atoms with Crippen LogP contribution in [0.15, 0.2) is 34.9 Å². The zero-order chi connectivity index (χ0) is 14.5. The Kier molecular flexibility index (Phi) is 4.73. The molecule has 2 rings (SSSR count). The molecule has 2 aromatic rings. The van der Waals surface area contributed by atoms with Crippen molar-refractivity contribution in [3.05, 3.63) is 46.4 Å². The number of nitrogens with one attached hydrogen (secondary N) is 2. The SMILES string of the molecule is C[C@@H](COc1ccccc1F)NC(=O)c1[nH]ncc1Br. The average Bonchev–Trinajstić information content (AvgIpc) is 2.84. The Morgan fingerprint density at radius 3 is 2.95 bits per heavy atom. The van der Waals surface area contributed by atoms with E-state index in [1.165, 1.54) is 18.3 Å². The van der Waals surface area contributed by atoms with Crippen LogP contribution in [0.3, 0.4) is 0 Å². The van der Waals surface area contributed by atoms with Crippen molar-refractivity contribution in [2.75, 3.05) is 6.61 Å². The van der Waals surface area contributed by atoms with Gasteiger partial charge < -0.3 is 10.1 Å². The maximum atomic E-state index is 13.3. The number of halogens is 2. The van der Waals surface area contributed by atoms with E-state index in [1.54, 1.807) is 19.1 Å². The largest absolute Gasteiger partial charge is 0.488 e. The lowest BCUT2D eigenvalue weighted by Crippen LogP contribution is -2.37. The summed E-state index contributed by atoms with van der Waals surface area (Å²) >= 11 is 3.21. The van der Waals surface area contributed by atoms with Crippen LogP contribution in [0.2, 0.25) is 0 Å². The van der Waals surface area contributed by atoms with Crippen molar-refractivity contribution >= 4 is 21.8 Å². The Hall–Kier alpha value is -1.89. The number of carbonyl (C=O) groups is 1. The van der Waals surface area contributed by atoms with Crippen LogP contribution in [0.25, 0.3) is 0 Å². The van der Waals surface area contributed by atoms with Gasteiger partial charge in [0.2, 0.25) is 0 Å². The minimum Gasteiger partial charge on any atom is -0.488 e. The number of carbonyl (C=O) groups excluding carboxylic acids is 1. The quantitative estimate of drug-likeness (QED) is 0.877. The van der Waals surface area contributed by atoms with Crippen molar-refractivity contribution in [1.29, 1.82) is 0 Å². The van der Waals surface area contributed by atoms with Gasteiger partial charge in [-0.3, -0.25) is 9.89 Å². The van der Waals surface area contributed by atoms with Crippen LogP contribution < -0.4 is 10.1 Å². The third-order valence-corrected chi connectivity index (χ3v) is 3.12. The van der Waals surface area contributed by atoms with E-state index in [0.29, 0.717) is 10.2 Å². The number of hydrogen-bond acceptors (Lipinski definition) is 3. The molecule has 0 fully saturated rings. The van der Waals surface area contributed by atoms with Crippen molar-refractivity contribution in [3.63, 3.8) is 0 Å². The van der Waals surface area contributed by atoms with Crippen LogP contribution in [0, 0.1) is 5.82 Å². The lowest BCUT2D eigenvalue weighted by Gasteiger charge is -2.15. The molecule has 1 aromatic carbocycles. The molecule has 1 heterocycles. The molecular weight excluding hydrogens is 329 g/mol. The fourth-order valence-corrected chi connectivity index (χ4v) is 1.92. The molecule has 7 heteroatoms. The molecule has 1 amide bonds. The number of hydrogen-bond donors (Lipinski definition) is 2. The highest BCUT2D eigenvalue weighted by molar-refractivity contribution is 9.10. The summed E-state index contributed by atoms with van der Waals surface area (Å²) in [4.78, 5) is 11.9. The number of ether oxygens (including phenoxy) is 1. The van der Waals surface area contributed by atoms with Crippen molar-refractivity contribution in [2.24, 2.45) is 0 Å². The van der Waals surface area contributed by atoms with Gasteiger partial charge in [-0.05, 0) is 35.0 Å². The molecule has 2 N–H and O–H groups in total. The van der Waals surface area contributed by atoms with E-state index < -0.39 is 5.82 Å². The number of benzene rings is 1. The van der Waals surface area contributed by atoms with E-state index in [-0.39, 0.29) is 24.3 Å². The molecule has 0 saturated heterocycles. The van der Waals surface area contributed by atoms with Gasteiger partial charge in [-0.15, -0.1) is 0 Å². The van der Waals surface area contributed by atoms with E-state index in [9.17, 15) is 9.18 Å². The van der Waals surface area contributed by atoms with Gasteiger partial charge >= 0.3 is 0 Å². The third kappa shape index (κ3) is 3.57. The number of aromatic nitrogens is 2. The molecule has 0 aliphatic carbocycles. The molecule has 5 nitrogen and oxygen atoms in total. The van der Waals surface area contributed by atoms with Crippen LogP contribution >= 0.6 is 15.9 Å². The minimum absolute atomic E-state index is 0.163. The van der Waals surface area contributed by atoms with Crippen LogP contribution in [-0.4, -0.2) is 28.8 Å². The van der Waals surface area contributed by atoms with Gasteiger partial charge in [0.05, 0.1) is 16.7 Å². The first-order valence-electron chi connectivity index (χ1n) is 5.95. The molecule has 0 bridgehead atoms. The molecule has 106 valence electrons. The Labute approximate surface area is 123 Å². The fourth-order valence-electron chi connectivity index (χ4n) is 1.54. The van der Waals surface area contributed by atoms with E-state index in [1.807, 2.05) is 0 Å². The number of H-pyrrole nitrogens is 1. The summed E-state index contributed by atoms with van der Waals surface area (Å²) in [7, 11) is 0. The van der Waals surface area contributed by atoms with Crippen molar-refractivity contribution in [2.45, 2.75) is 13.0 Å². The first kappa shape index (κ1) is 14.5. The number of nitrogens with zero attached hydrogens (tertiary/aromatic N) is 1. The highest BCUT2D eigenvalue weighted by Crippen LogP contribution is 2.16. The van der Waals surface area contributed by atoms with Gasteiger partial charge in [0.25, 0.3) is 5.91 Å². The molecule has 1 aromatic heterocycles. The van der Waals surface area contributed by atoms with Crippen LogP contribution in [0.4, 0.5) is 4.39 Å². The van der Waals surface area contributed by atoms with Crippen LogP contribution in [0.1, 0.15) is 17.4 Å². The number of aromatic amines is 1. The van der Waals surface area contributed by atoms with E-state index in [0.717, 1.165) is 0 Å². The van der Waals surface area contributed by atoms with E-state index in [4.69, 9.17) is 4.74 Å². The third-order valence-electron chi connectivity index (χ3n) is 2.52. The monoisotopic (exact) mass is 341 g/mol. The molecule has 0 spiro atoms. The zero-order valence-electron chi connectivity index (χ0n) is 10.7. The van der Waals surface area contributed by atoms with Crippen LogP contribution in [0.5, 0.6) is 5.75 Å². The van der Waals surface area contributed by atoms with Gasteiger partial charge in [0.15, 0.2) is 11.6 Å². The normalized spacial score (nSPS) is 11.9. The predicted molar refractivity (Wildman–Crippen MR) is 75.1 cm³/mol. The van der Waals surface area contributed by atoms with Gasteiger partial charge in [0, 0.05) is 0 Å². The van der Waals surface area contributed by atoms with E-state index >= 15 is 0 Å². The maximum absolute atomic E-state index is 13.3. The molecule has 0 radical (unpaired) electrons.